The van der Waals surface area contributed by atoms with Crippen molar-refractivity contribution < 1.29 is 14.3 Å². The van der Waals surface area contributed by atoms with Crippen LogP contribution in [0, 0.1) is 0 Å². The quantitative estimate of drug-likeness (QED) is 0.886. The molecule has 0 bridgehead atoms. The lowest BCUT2D eigenvalue weighted by Crippen LogP contribution is -2.23. The van der Waals surface area contributed by atoms with E-state index in [1.807, 2.05) is 18.2 Å². The number of nitrogens with one attached hydrogen (secondary N) is 2. The smallest absolute Gasteiger partial charge is 0.262 e. The predicted molar refractivity (Wildman–Crippen MR) is 78.3 cm³/mol. The van der Waals surface area contributed by atoms with Crippen LogP contribution in [0.1, 0.15) is 10.4 Å². The third kappa shape index (κ3) is 3.58. The van der Waals surface area contributed by atoms with Gasteiger partial charge in [0.1, 0.15) is 10.8 Å². The SMILES string of the molecule is CNC(=O)c1ccsc1NC(=O)COc1ccccc1. The number of anilines is 1. The highest BCUT2D eigenvalue weighted by atomic mass is 32.1. The molecule has 1 heterocycles. The maximum absolute atomic E-state index is 11.8. The van der Waals surface area contributed by atoms with Crippen molar-refractivity contribution in [1.29, 1.82) is 0 Å². The van der Waals surface area contributed by atoms with Crippen LogP contribution in [-0.2, 0) is 4.79 Å². The lowest BCUT2D eigenvalue weighted by atomic mass is 10.3. The zero-order chi connectivity index (χ0) is 14.4. The molecule has 0 unspecified atom stereocenters. The number of ether oxygens (including phenoxy) is 1. The predicted octanol–water partition coefficient (Wildman–Crippen LogP) is 2.13. The van der Waals surface area contributed by atoms with E-state index in [2.05, 4.69) is 10.6 Å². The van der Waals surface area contributed by atoms with Gasteiger partial charge in [0.25, 0.3) is 11.8 Å². The first-order valence-electron chi connectivity index (χ1n) is 5.98. The summed E-state index contributed by atoms with van der Waals surface area (Å²) in [5.74, 6) is 0.0901. The van der Waals surface area contributed by atoms with Crippen LogP contribution >= 0.6 is 11.3 Å². The summed E-state index contributed by atoms with van der Waals surface area (Å²) in [6, 6.07) is 10.7. The summed E-state index contributed by atoms with van der Waals surface area (Å²) >= 11 is 1.29. The van der Waals surface area contributed by atoms with E-state index in [0.29, 0.717) is 16.3 Å². The van der Waals surface area contributed by atoms with Gasteiger partial charge in [-0.2, -0.15) is 0 Å². The van der Waals surface area contributed by atoms with Crippen molar-refractivity contribution in [3.05, 3.63) is 47.3 Å². The number of amides is 2. The number of para-hydroxylation sites is 1. The average Bonchev–Trinajstić information content (AvgIpc) is 2.93. The molecule has 0 saturated carbocycles. The third-order valence-corrected chi connectivity index (χ3v) is 3.33. The van der Waals surface area contributed by atoms with E-state index in [4.69, 9.17) is 4.74 Å². The Labute approximate surface area is 120 Å². The van der Waals surface area contributed by atoms with E-state index >= 15 is 0 Å². The fourth-order valence-corrected chi connectivity index (χ4v) is 2.35. The summed E-state index contributed by atoms with van der Waals surface area (Å²) < 4.78 is 5.34. The monoisotopic (exact) mass is 290 g/mol. The van der Waals surface area contributed by atoms with E-state index in [9.17, 15) is 9.59 Å². The van der Waals surface area contributed by atoms with Crippen molar-refractivity contribution >= 4 is 28.2 Å². The molecule has 1 aromatic heterocycles. The van der Waals surface area contributed by atoms with Gasteiger partial charge in [-0.15, -0.1) is 11.3 Å². The highest BCUT2D eigenvalue weighted by Gasteiger charge is 2.13. The fourth-order valence-electron chi connectivity index (χ4n) is 1.55. The fraction of sp³-hybridized carbons (Fsp3) is 0.143. The summed E-state index contributed by atoms with van der Waals surface area (Å²) in [5.41, 5.74) is 0.450. The molecule has 6 heteroatoms. The van der Waals surface area contributed by atoms with Crippen LogP contribution < -0.4 is 15.4 Å². The number of rotatable bonds is 5. The van der Waals surface area contributed by atoms with Crippen LogP contribution in [0.2, 0.25) is 0 Å². The van der Waals surface area contributed by atoms with Crippen LogP contribution in [0.25, 0.3) is 0 Å². The molecule has 0 saturated heterocycles. The maximum atomic E-state index is 11.8. The average molecular weight is 290 g/mol. The molecule has 0 spiro atoms. The Morgan fingerprint density at radius 2 is 1.95 bits per heavy atom. The lowest BCUT2D eigenvalue weighted by molar-refractivity contribution is -0.118. The first-order valence-corrected chi connectivity index (χ1v) is 6.86. The van der Waals surface area contributed by atoms with Gasteiger partial charge >= 0.3 is 0 Å². The third-order valence-electron chi connectivity index (χ3n) is 2.50. The molecule has 0 radical (unpaired) electrons. The van der Waals surface area contributed by atoms with Gasteiger partial charge < -0.3 is 15.4 Å². The van der Waals surface area contributed by atoms with Crippen LogP contribution in [0.3, 0.4) is 0 Å². The minimum absolute atomic E-state index is 0.102. The van der Waals surface area contributed by atoms with Gasteiger partial charge in [-0.1, -0.05) is 18.2 Å². The Balaban J connectivity index is 1.92. The number of benzene rings is 1. The molecule has 0 aliphatic rings. The lowest BCUT2D eigenvalue weighted by Gasteiger charge is -2.07. The standard InChI is InChI=1S/C14H14N2O3S/c1-15-13(18)11-7-8-20-14(11)16-12(17)9-19-10-5-3-2-4-6-10/h2-8H,9H2,1H3,(H,15,18)(H,16,17). The van der Waals surface area contributed by atoms with Crippen LogP contribution in [-0.4, -0.2) is 25.5 Å². The Morgan fingerprint density at radius 1 is 1.20 bits per heavy atom. The minimum Gasteiger partial charge on any atom is -0.484 e. The van der Waals surface area contributed by atoms with Crippen molar-refractivity contribution in [2.75, 3.05) is 19.0 Å². The highest BCUT2D eigenvalue weighted by molar-refractivity contribution is 7.14. The van der Waals surface area contributed by atoms with Gasteiger partial charge in [-0.05, 0) is 23.6 Å². The maximum Gasteiger partial charge on any atom is 0.262 e. The number of hydrogen-bond acceptors (Lipinski definition) is 4. The van der Waals surface area contributed by atoms with E-state index in [1.165, 1.54) is 11.3 Å². The molecule has 20 heavy (non-hydrogen) atoms. The molecular formula is C14H14N2O3S. The molecular weight excluding hydrogens is 276 g/mol. The van der Waals surface area contributed by atoms with Crippen molar-refractivity contribution in [2.45, 2.75) is 0 Å². The number of carbonyl (C=O) groups is 2. The van der Waals surface area contributed by atoms with Crippen LogP contribution in [0.4, 0.5) is 5.00 Å². The molecule has 2 N–H and O–H groups in total. The number of hydrogen-bond donors (Lipinski definition) is 2. The van der Waals surface area contributed by atoms with Crippen LogP contribution in [0.5, 0.6) is 5.75 Å². The molecule has 2 aromatic rings. The summed E-state index contributed by atoms with van der Waals surface area (Å²) in [7, 11) is 1.55. The molecule has 0 fully saturated rings. The highest BCUT2D eigenvalue weighted by Crippen LogP contribution is 2.23. The van der Waals surface area contributed by atoms with E-state index in [-0.39, 0.29) is 18.4 Å². The van der Waals surface area contributed by atoms with E-state index in [1.54, 1.807) is 30.6 Å². The van der Waals surface area contributed by atoms with Crippen molar-refractivity contribution in [3.63, 3.8) is 0 Å². The molecule has 5 nitrogen and oxygen atoms in total. The first-order chi connectivity index (χ1) is 9.70. The summed E-state index contributed by atoms with van der Waals surface area (Å²) in [6.07, 6.45) is 0. The van der Waals surface area contributed by atoms with Gasteiger partial charge in [-0.25, -0.2) is 0 Å². The van der Waals surface area contributed by atoms with Gasteiger partial charge in [0, 0.05) is 7.05 Å². The van der Waals surface area contributed by atoms with Crippen molar-refractivity contribution in [1.82, 2.24) is 5.32 Å². The molecule has 2 rings (SSSR count). The second-order valence-corrected chi connectivity index (χ2v) is 4.81. The Morgan fingerprint density at radius 3 is 2.65 bits per heavy atom. The van der Waals surface area contributed by atoms with Gasteiger partial charge in [-0.3, -0.25) is 9.59 Å². The largest absolute Gasteiger partial charge is 0.484 e. The molecule has 0 aliphatic carbocycles. The number of carbonyl (C=O) groups excluding carboxylic acids is 2. The Kier molecular flexibility index (Phi) is 4.73. The van der Waals surface area contributed by atoms with Crippen LogP contribution in [0.15, 0.2) is 41.8 Å². The number of thiophene rings is 1. The van der Waals surface area contributed by atoms with E-state index in [0.717, 1.165) is 0 Å². The second kappa shape index (κ2) is 6.72. The summed E-state index contributed by atoms with van der Waals surface area (Å²) in [6.45, 7) is -0.102. The van der Waals surface area contributed by atoms with E-state index < -0.39 is 0 Å². The molecule has 104 valence electrons. The Bertz CT molecular complexity index is 595. The summed E-state index contributed by atoms with van der Waals surface area (Å²) in [5, 5.41) is 7.46. The summed E-state index contributed by atoms with van der Waals surface area (Å²) in [4.78, 5) is 23.4. The topological polar surface area (TPSA) is 67.4 Å². The minimum atomic E-state index is -0.304. The molecule has 1 aromatic carbocycles. The van der Waals surface area contributed by atoms with Gasteiger partial charge in [0.15, 0.2) is 6.61 Å². The normalized spacial score (nSPS) is 9.85. The molecule has 0 atom stereocenters. The van der Waals surface area contributed by atoms with Gasteiger partial charge in [0.2, 0.25) is 0 Å². The Hall–Kier alpha value is -2.34. The first kappa shape index (κ1) is 14.1. The second-order valence-electron chi connectivity index (χ2n) is 3.89. The van der Waals surface area contributed by atoms with Crippen molar-refractivity contribution in [2.24, 2.45) is 0 Å². The zero-order valence-corrected chi connectivity index (χ0v) is 11.7. The molecule has 2 amide bonds. The zero-order valence-electron chi connectivity index (χ0n) is 10.9. The molecule has 0 aliphatic heterocycles. The van der Waals surface area contributed by atoms with Crippen molar-refractivity contribution in [3.8, 4) is 5.75 Å². The van der Waals surface area contributed by atoms with Gasteiger partial charge in [0.05, 0.1) is 5.56 Å².